The number of halogens is 2. The number of rotatable bonds is 3. The zero-order valence-corrected chi connectivity index (χ0v) is 14.8. The molecular weight excluding hydrogens is 400 g/mol. The maximum Gasteiger partial charge on any atom is 0.126 e. The van der Waals surface area contributed by atoms with Crippen LogP contribution in [0.3, 0.4) is 0 Å². The first-order valence-electron chi connectivity index (χ1n) is 6.14. The molecule has 0 aliphatic carbocycles. The quantitative estimate of drug-likeness (QED) is 0.469. The molecule has 1 heterocycles. The Kier molecular flexibility index (Phi) is 4.15. The first-order chi connectivity index (χ1) is 9.70. The largest absolute Gasteiger partial charge is 0.496 e. The van der Waals surface area contributed by atoms with E-state index in [1.807, 2.05) is 12.1 Å². The van der Waals surface area contributed by atoms with Gasteiger partial charge in [-0.15, -0.1) is 11.3 Å². The van der Waals surface area contributed by atoms with Gasteiger partial charge in [-0.2, -0.15) is 0 Å². The standard InChI is InChI=1S/C16H12Br2OS/c1-19-14-7-6-13(11-4-2-3-5-12(11)14)16(18)10-8-15(17)20-9-10/h2-9,16H,1H3. The Bertz CT molecular complexity index is 751. The summed E-state index contributed by atoms with van der Waals surface area (Å²) in [7, 11) is 1.71. The molecule has 0 saturated carbocycles. The molecule has 1 nitrogen and oxygen atoms in total. The van der Waals surface area contributed by atoms with Gasteiger partial charge in [-0.25, -0.2) is 0 Å². The van der Waals surface area contributed by atoms with E-state index in [0.717, 1.165) is 14.9 Å². The molecular formula is C16H12Br2OS. The van der Waals surface area contributed by atoms with Gasteiger partial charge in [0.1, 0.15) is 5.75 Å². The fraction of sp³-hybridized carbons (Fsp3) is 0.125. The van der Waals surface area contributed by atoms with E-state index in [1.165, 1.54) is 16.5 Å². The molecule has 3 rings (SSSR count). The van der Waals surface area contributed by atoms with Gasteiger partial charge in [0.05, 0.1) is 15.7 Å². The van der Waals surface area contributed by atoms with Crippen LogP contribution in [0.15, 0.2) is 51.6 Å². The van der Waals surface area contributed by atoms with Crippen molar-refractivity contribution in [3.63, 3.8) is 0 Å². The van der Waals surface area contributed by atoms with Crippen molar-refractivity contribution in [2.24, 2.45) is 0 Å². The molecule has 1 aromatic heterocycles. The summed E-state index contributed by atoms with van der Waals surface area (Å²) in [5.74, 6) is 0.913. The van der Waals surface area contributed by atoms with E-state index in [0.29, 0.717) is 0 Å². The van der Waals surface area contributed by atoms with Crippen molar-refractivity contribution in [3.8, 4) is 5.75 Å². The maximum atomic E-state index is 5.45. The molecule has 4 heteroatoms. The minimum absolute atomic E-state index is 0.181. The number of fused-ring (bicyclic) bond motifs is 1. The van der Waals surface area contributed by atoms with Crippen LogP contribution in [-0.2, 0) is 0 Å². The van der Waals surface area contributed by atoms with Crippen molar-refractivity contribution in [1.82, 2.24) is 0 Å². The van der Waals surface area contributed by atoms with E-state index in [1.54, 1.807) is 18.4 Å². The van der Waals surface area contributed by atoms with Crippen molar-refractivity contribution in [2.45, 2.75) is 4.83 Å². The Morgan fingerprint density at radius 3 is 2.50 bits per heavy atom. The van der Waals surface area contributed by atoms with Gasteiger partial charge in [0.2, 0.25) is 0 Å². The number of ether oxygens (including phenoxy) is 1. The number of hydrogen-bond acceptors (Lipinski definition) is 2. The van der Waals surface area contributed by atoms with E-state index in [4.69, 9.17) is 4.74 Å². The predicted molar refractivity (Wildman–Crippen MR) is 93.3 cm³/mol. The number of alkyl halides is 1. The van der Waals surface area contributed by atoms with E-state index in [9.17, 15) is 0 Å². The van der Waals surface area contributed by atoms with Gasteiger partial charge in [0.25, 0.3) is 0 Å². The van der Waals surface area contributed by atoms with Crippen LogP contribution >= 0.6 is 43.2 Å². The second kappa shape index (κ2) is 5.88. The molecule has 0 bridgehead atoms. The Morgan fingerprint density at radius 2 is 1.85 bits per heavy atom. The van der Waals surface area contributed by atoms with Gasteiger partial charge in [0.15, 0.2) is 0 Å². The average Bonchev–Trinajstić information content (AvgIpc) is 2.92. The summed E-state index contributed by atoms with van der Waals surface area (Å²) in [5, 5.41) is 4.53. The fourth-order valence-corrected chi connectivity index (χ4v) is 4.37. The summed E-state index contributed by atoms with van der Waals surface area (Å²) in [4.78, 5) is 0.181. The van der Waals surface area contributed by atoms with Gasteiger partial charge >= 0.3 is 0 Å². The molecule has 0 saturated heterocycles. The zero-order chi connectivity index (χ0) is 14.1. The normalized spacial score (nSPS) is 12.6. The lowest BCUT2D eigenvalue weighted by Gasteiger charge is -2.14. The minimum Gasteiger partial charge on any atom is -0.496 e. The summed E-state index contributed by atoms with van der Waals surface area (Å²) in [5.41, 5.74) is 2.52. The first-order valence-corrected chi connectivity index (χ1v) is 8.73. The highest BCUT2D eigenvalue weighted by Crippen LogP contribution is 2.40. The molecule has 3 aromatic rings. The number of benzene rings is 2. The molecule has 0 aliphatic heterocycles. The van der Waals surface area contributed by atoms with E-state index in [2.05, 4.69) is 67.6 Å². The van der Waals surface area contributed by atoms with Crippen LogP contribution in [0.1, 0.15) is 16.0 Å². The van der Waals surface area contributed by atoms with Gasteiger partial charge in [-0.3, -0.25) is 0 Å². The van der Waals surface area contributed by atoms with Crippen LogP contribution < -0.4 is 4.74 Å². The molecule has 20 heavy (non-hydrogen) atoms. The van der Waals surface area contributed by atoms with Crippen LogP contribution in [0.4, 0.5) is 0 Å². The Hall–Kier alpha value is -0.840. The molecule has 0 amide bonds. The van der Waals surface area contributed by atoms with E-state index >= 15 is 0 Å². The van der Waals surface area contributed by atoms with Gasteiger partial charge < -0.3 is 4.74 Å². The van der Waals surface area contributed by atoms with E-state index in [-0.39, 0.29) is 4.83 Å². The Balaban J connectivity index is 2.17. The summed E-state index contributed by atoms with van der Waals surface area (Å²) >= 11 is 9.05. The van der Waals surface area contributed by atoms with Crippen LogP contribution in [0, 0.1) is 0 Å². The molecule has 1 atom stereocenters. The summed E-state index contributed by atoms with van der Waals surface area (Å²) in [6, 6.07) is 14.7. The third-order valence-electron chi connectivity index (χ3n) is 3.29. The van der Waals surface area contributed by atoms with Gasteiger partial charge in [0, 0.05) is 5.39 Å². The second-order valence-corrected chi connectivity index (χ2v) is 7.66. The van der Waals surface area contributed by atoms with Crippen molar-refractivity contribution in [3.05, 3.63) is 62.8 Å². The Labute approximate surface area is 138 Å². The third-order valence-corrected chi connectivity index (χ3v) is 5.84. The predicted octanol–water partition coefficient (Wildman–Crippen LogP) is 6.16. The second-order valence-electron chi connectivity index (χ2n) is 4.45. The Morgan fingerprint density at radius 1 is 1.10 bits per heavy atom. The number of hydrogen-bond donors (Lipinski definition) is 0. The van der Waals surface area contributed by atoms with Crippen molar-refractivity contribution in [1.29, 1.82) is 0 Å². The fourth-order valence-electron chi connectivity index (χ4n) is 2.33. The molecule has 2 aromatic carbocycles. The highest BCUT2D eigenvalue weighted by molar-refractivity contribution is 9.11. The highest BCUT2D eigenvalue weighted by atomic mass is 79.9. The lowest BCUT2D eigenvalue weighted by Crippen LogP contribution is -1.94. The van der Waals surface area contributed by atoms with Crippen LogP contribution in [-0.4, -0.2) is 7.11 Å². The molecule has 1 unspecified atom stereocenters. The summed E-state index contributed by atoms with van der Waals surface area (Å²) in [6.07, 6.45) is 0. The van der Waals surface area contributed by atoms with Crippen molar-refractivity contribution < 1.29 is 4.74 Å². The smallest absolute Gasteiger partial charge is 0.126 e. The van der Waals surface area contributed by atoms with Crippen LogP contribution in [0.5, 0.6) is 5.75 Å². The summed E-state index contributed by atoms with van der Waals surface area (Å²) in [6.45, 7) is 0. The lowest BCUT2D eigenvalue weighted by atomic mass is 9.99. The molecule has 0 N–H and O–H groups in total. The van der Waals surface area contributed by atoms with E-state index < -0.39 is 0 Å². The highest BCUT2D eigenvalue weighted by Gasteiger charge is 2.16. The molecule has 0 aliphatic rings. The number of methoxy groups -OCH3 is 1. The topological polar surface area (TPSA) is 9.23 Å². The third kappa shape index (κ3) is 2.52. The van der Waals surface area contributed by atoms with Gasteiger partial charge in [-0.1, -0.05) is 46.3 Å². The first kappa shape index (κ1) is 14.1. The zero-order valence-electron chi connectivity index (χ0n) is 10.8. The maximum absolute atomic E-state index is 5.45. The van der Waals surface area contributed by atoms with Crippen molar-refractivity contribution >= 4 is 54.0 Å². The molecule has 102 valence electrons. The minimum atomic E-state index is 0.181. The van der Waals surface area contributed by atoms with Crippen LogP contribution in [0.2, 0.25) is 0 Å². The van der Waals surface area contributed by atoms with Gasteiger partial charge in [-0.05, 0) is 50.0 Å². The molecule has 0 fully saturated rings. The van der Waals surface area contributed by atoms with Crippen molar-refractivity contribution in [2.75, 3.05) is 7.11 Å². The average molecular weight is 412 g/mol. The molecule has 0 spiro atoms. The van der Waals surface area contributed by atoms with Crippen LogP contribution in [0.25, 0.3) is 10.8 Å². The lowest BCUT2D eigenvalue weighted by molar-refractivity contribution is 0.419. The monoisotopic (exact) mass is 410 g/mol. The molecule has 0 radical (unpaired) electrons. The number of thiophene rings is 1. The summed E-state index contributed by atoms with van der Waals surface area (Å²) < 4.78 is 6.60. The SMILES string of the molecule is COc1ccc(C(Br)c2csc(Br)c2)c2ccccc12.